The van der Waals surface area contributed by atoms with Gasteiger partial charge < -0.3 is 9.64 Å². The number of rotatable bonds is 3. The Balaban J connectivity index is 0.000000758. The number of fused-ring (bicyclic) bond motifs is 1. The van der Waals surface area contributed by atoms with Gasteiger partial charge in [0, 0.05) is 30.6 Å². The van der Waals surface area contributed by atoms with Crippen molar-refractivity contribution >= 4 is 17.5 Å². The lowest BCUT2D eigenvalue weighted by Crippen LogP contribution is -2.23. The van der Waals surface area contributed by atoms with E-state index in [9.17, 15) is 14.5 Å². The Morgan fingerprint density at radius 3 is 2.35 bits per heavy atom. The molecule has 2 aromatic carbocycles. The molecule has 0 aromatic heterocycles. The van der Waals surface area contributed by atoms with Crippen LogP contribution in [0.2, 0.25) is 0 Å². The standard InChI is InChI=1S/C18H16N2O3.C2H6O/c1-11-3-4-14-10-20(18(22)16(14)9-11)15-7-5-13(6-8-15)12(2)17(21)19-23;1-3-2/h3-9,12H,10H2,1-2H3;1-2H3. The van der Waals surface area contributed by atoms with E-state index >= 15 is 0 Å². The van der Waals surface area contributed by atoms with Gasteiger partial charge in [-0.3, -0.25) is 9.59 Å². The molecule has 0 aliphatic carbocycles. The lowest BCUT2D eigenvalue weighted by molar-refractivity contribution is -0.119. The second-order valence-electron chi connectivity index (χ2n) is 6.20. The van der Waals surface area contributed by atoms with Gasteiger partial charge in [-0.25, -0.2) is 0 Å². The summed E-state index contributed by atoms with van der Waals surface area (Å²) in [5.74, 6) is -1.29. The van der Waals surface area contributed by atoms with Crippen LogP contribution < -0.4 is 4.90 Å². The Kier molecular flexibility index (Phi) is 6.36. The van der Waals surface area contributed by atoms with Crippen molar-refractivity contribution < 1.29 is 14.3 Å². The van der Waals surface area contributed by atoms with Gasteiger partial charge in [-0.15, -0.1) is 4.91 Å². The Hall–Kier alpha value is -2.86. The molecule has 1 unspecified atom stereocenters. The average Bonchev–Trinajstić information content (AvgIpc) is 2.97. The summed E-state index contributed by atoms with van der Waals surface area (Å²) in [5.41, 5.74) is 4.29. The highest BCUT2D eigenvalue weighted by Gasteiger charge is 2.28. The SMILES string of the molecule is COC.Cc1ccc2c(c1)C(=O)N(c1ccc(C(C)C(=O)N=O)cc1)C2. The number of carbonyl (C=O) groups is 2. The largest absolute Gasteiger partial charge is 0.388 e. The number of amides is 2. The van der Waals surface area contributed by atoms with Crippen LogP contribution in [0.4, 0.5) is 5.69 Å². The lowest BCUT2D eigenvalue weighted by atomic mass is 10.0. The minimum absolute atomic E-state index is 0.0184. The van der Waals surface area contributed by atoms with Crippen LogP contribution in [0, 0.1) is 11.8 Å². The summed E-state index contributed by atoms with van der Waals surface area (Å²) in [6.07, 6.45) is 0. The van der Waals surface area contributed by atoms with Crippen molar-refractivity contribution in [1.29, 1.82) is 0 Å². The number of aryl methyl sites for hydroxylation is 1. The Bertz CT molecular complexity index is 815. The molecule has 6 heteroatoms. The van der Waals surface area contributed by atoms with Crippen molar-refractivity contribution in [2.45, 2.75) is 26.3 Å². The number of methoxy groups -OCH3 is 1. The number of nitroso groups, excluding NO2 is 1. The first kappa shape index (κ1) is 19.5. The topological polar surface area (TPSA) is 76.0 Å². The molecular formula is C20H22N2O4. The molecule has 136 valence electrons. The molecule has 0 N–H and O–H groups in total. The molecule has 0 spiro atoms. The Labute approximate surface area is 152 Å². The first-order chi connectivity index (χ1) is 12.4. The molecule has 1 atom stereocenters. The molecule has 0 saturated carbocycles. The number of anilines is 1. The van der Waals surface area contributed by atoms with Gasteiger partial charge in [-0.1, -0.05) is 29.8 Å². The van der Waals surface area contributed by atoms with E-state index in [4.69, 9.17) is 0 Å². The van der Waals surface area contributed by atoms with Gasteiger partial charge in [0.05, 0.1) is 12.5 Å². The minimum Gasteiger partial charge on any atom is -0.388 e. The average molecular weight is 354 g/mol. The van der Waals surface area contributed by atoms with E-state index in [0.29, 0.717) is 12.1 Å². The summed E-state index contributed by atoms with van der Waals surface area (Å²) >= 11 is 0. The van der Waals surface area contributed by atoms with Gasteiger partial charge in [0.1, 0.15) is 0 Å². The van der Waals surface area contributed by atoms with Crippen LogP contribution in [0.1, 0.15) is 39.9 Å². The van der Waals surface area contributed by atoms with Crippen molar-refractivity contribution in [3.05, 3.63) is 69.6 Å². The third-order valence-corrected chi connectivity index (χ3v) is 4.23. The zero-order chi connectivity index (χ0) is 19.3. The summed E-state index contributed by atoms with van der Waals surface area (Å²) in [6, 6.07) is 13.0. The van der Waals surface area contributed by atoms with E-state index in [0.717, 1.165) is 22.4 Å². The fourth-order valence-corrected chi connectivity index (χ4v) is 2.79. The van der Waals surface area contributed by atoms with Crippen LogP contribution in [0.15, 0.2) is 47.6 Å². The van der Waals surface area contributed by atoms with Crippen LogP contribution >= 0.6 is 0 Å². The van der Waals surface area contributed by atoms with Crippen molar-refractivity contribution in [3.63, 3.8) is 0 Å². The molecular weight excluding hydrogens is 332 g/mol. The molecule has 0 radical (unpaired) electrons. The number of hydrogen-bond donors (Lipinski definition) is 0. The monoisotopic (exact) mass is 354 g/mol. The summed E-state index contributed by atoms with van der Waals surface area (Å²) in [6.45, 7) is 4.14. The molecule has 6 nitrogen and oxygen atoms in total. The number of ether oxygens (including phenoxy) is 1. The van der Waals surface area contributed by atoms with Gasteiger partial charge in [0.2, 0.25) is 0 Å². The molecule has 2 aromatic rings. The normalized spacial score (nSPS) is 13.5. The molecule has 26 heavy (non-hydrogen) atoms. The second kappa shape index (κ2) is 8.49. The summed E-state index contributed by atoms with van der Waals surface area (Å²) in [5, 5.41) is 2.46. The molecule has 0 fully saturated rings. The van der Waals surface area contributed by atoms with Crippen molar-refractivity contribution in [1.82, 2.24) is 0 Å². The maximum Gasteiger partial charge on any atom is 0.293 e. The second-order valence-corrected chi connectivity index (χ2v) is 6.20. The van der Waals surface area contributed by atoms with Crippen LogP contribution in [-0.4, -0.2) is 26.0 Å². The zero-order valence-corrected chi connectivity index (χ0v) is 15.4. The molecule has 0 bridgehead atoms. The third kappa shape index (κ3) is 4.03. The quantitative estimate of drug-likeness (QED) is 0.785. The van der Waals surface area contributed by atoms with E-state index < -0.39 is 11.8 Å². The first-order valence-electron chi connectivity index (χ1n) is 8.21. The zero-order valence-electron chi connectivity index (χ0n) is 15.4. The highest BCUT2D eigenvalue weighted by Crippen LogP contribution is 2.30. The lowest BCUT2D eigenvalue weighted by Gasteiger charge is -2.16. The van der Waals surface area contributed by atoms with Crippen molar-refractivity contribution in [3.8, 4) is 0 Å². The molecule has 1 heterocycles. The van der Waals surface area contributed by atoms with Crippen LogP contribution in [-0.2, 0) is 16.1 Å². The Morgan fingerprint density at radius 2 is 1.77 bits per heavy atom. The van der Waals surface area contributed by atoms with Crippen LogP contribution in [0.25, 0.3) is 0 Å². The predicted molar refractivity (Wildman–Crippen MR) is 100 cm³/mol. The van der Waals surface area contributed by atoms with Crippen LogP contribution in [0.5, 0.6) is 0 Å². The van der Waals surface area contributed by atoms with E-state index in [1.807, 2.05) is 25.1 Å². The first-order valence-corrected chi connectivity index (χ1v) is 8.21. The number of hydrogen-bond acceptors (Lipinski definition) is 4. The van der Waals surface area contributed by atoms with E-state index in [-0.39, 0.29) is 5.91 Å². The van der Waals surface area contributed by atoms with Crippen molar-refractivity contribution in [2.24, 2.45) is 5.18 Å². The van der Waals surface area contributed by atoms with Gasteiger partial charge in [-0.2, -0.15) is 0 Å². The number of carbonyl (C=O) groups excluding carboxylic acids is 2. The summed E-state index contributed by atoms with van der Waals surface area (Å²) < 4.78 is 4.25. The minimum atomic E-state index is -0.696. The highest BCUT2D eigenvalue weighted by atomic mass is 16.4. The maximum atomic E-state index is 12.5. The van der Waals surface area contributed by atoms with Crippen molar-refractivity contribution in [2.75, 3.05) is 19.1 Å². The third-order valence-electron chi connectivity index (χ3n) is 4.23. The van der Waals surface area contributed by atoms with Gasteiger partial charge >= 0.3 is 0 Å². The number of nitrogens with zero attached hydrogens (tertiary/aromatic N) is 2. The molecule has 3 rings (SSSR count). The fourth-order valence-electron chi connectivity index (χ4n) is 2.79. The fraction of sp³-hybridized carbons (Fsp3) is 0.300. The predicted octanol–water partition coefficient (Wildman–Crippen LogP) is 3.81. The molecule has 1 aliphatic rings. The Morgan fingerprint density at radius 1 is 1.15 bits per heavy atom. The molecule has 0 saturated heterocycles. The summed E-state index contributed by atoms with van der Waals surface area (Å²) in [7, 11) is 3.25. The van der Waals surface area contributed by atoms with E-state index in [2.05, 4.69) is 9.91 Å². The molecule has 2 amide bonds. The smallest absolute Gasteiger partial charge is 0.293 e. The molecule has 1 aliphatic heterocycles. The summed E-state index contributed by atoms with van der Waals surface area (Å²) in [4.78, 5) is 35.9. The van der Waals surface area contributed by atoms with Gasteiger partial charge in [0.15, 0.2) is 0 Å². The van der Waals surface area contributed by atoms with E-state index in [1.54, 1.807) is 50.3 Å². The van der Waals surface area contributed by atoms with E-state index in [1.165, 1.54) is 0 Å². The number of benzene rings is 2. The van der Waals surface area contributed by atoms with Gasteiger partial charge in [-0.05, 0) is 43.2 Å². The highest BCUT2D eigenvalue weighted by molar-refractivity contribution is 6.10. The van der Waals surface area contributed by atoms with Crippen LogP contribution in [0.3, 0.4) is 0 Å². The van der Waals surface area contributed by atoms with Gasteiger partial charge in [0.25, 0.3) is 11.8 Å². The maximum absolute atomic E-state index is 12.5.